The van der Waals surface area contributed by atoms with Gasteiger partial charge in [0.15, 0.2) is 5.82 Å². The highest BCUT2D eigenvalue weighted by molar-refractivity contribution is 6.31. The molecule has 3 aromatic rings. The molecule has 0 fully saturated rings. The predicted molar refractivity (Wildman–Crippen MR) is 74.9 cm³/mol. The zero-order chi connectivity index (χ0) is 15.0. The highest BCUT2D eigenvalue weighted by Crippen LogP contribution is 2.31. The molecule has 0 radical (unpaired) electrons. The van der Waals surface area contributed by atoms with E-state index in [0.717, 1.165) is 0 Å². The largest absolute Gasteiger partial charge is 0.313 e. The minimum atomic E-state index is -0.666. The number of benzene rings is 1. The molecule has 0 aliphatic rings. The Bertz CT molecular complexity index is 873. The molecule has 8 heteroatoms. The molecule has 0 spiro atoms. The zero-order valence-corrected chi connectivity index (χ0v) is 11.6. The van der Waals surface area contributed by atoms with Gasteiger partial charge in [0.1, 0.15) is 0 Å². The van der Waals surface area contributed by atoms with Crippen molar-refractivity contribution in [2.75, 3.05) is 0 Å². The highest BCUT2D eigenvalue weighted by Gasteiger charge is 2.18. The first-order valence-electron chi connectivity index (χ1n) is 5.98. The van der Waals surface area contributed by atoms with Crippen LogP contribution in [-0.4, -0.2) is 25.0 Å². The molecule has 21 heavy (non-hydrogen) atoms. The van der Waals surface area contributed by atoms with E-state index in [-0.39, 0.29) is 21.8 Å². The average molecular weight is 306 g/mol. The molecule has 0 saturated heterocycles. The standard InChI is InChI=1S/C13H9ClFN5O/c1-7-5-20(19-18-7)10-3-2-8(14)13(15)12(10)9-4-11(21)17-6-16-9/h2-6H,1H3,(H,16,17,21). The molecule has 0 aliphatic heterocycles. The maximum absolute atomic E-state index is 14.4. The monoisotopic (exact) mass is 305 g/mol. The van der Waals surface area contributed by atoms with Gasteiger partial charge in [-0.05, 0) is 19.1 Å². The third-order valence-electron chi connectivity index (χ3n) is 2.86. The summed E-state index contributed by atoms with van der Waals surface area (Å²) >= 11 is 5.83. The van der Waals surface area contributed by atoms with Gasteiger partial charge in [-0.15, -0.1) is 5.10 Å². The van der Waals surface area contributed by atoms with Crippen LogP contribution in [0.25, 0.3) is 16.9 Å². The van der Waals surface area contributed by atoms with Gasteiger partial charge in [0.2, 0.25) is 0 Å². The van der Waals surface area contributed by atoms with Crippen molar-refractivity contribution in [2.45, 2.75) is 6.92 Å². The second kappa shape index (κ2) is 5.10. The van der Waals surface area contributed by atoms with Crippen molar-refractivity contribution in [3.8, 4) is 16.9 Å². The van der Waals surface area contributed by atoms with Crippen molar-refractivity contribution in [3.63, 3.8) is 0 Å². The Morgan fingerprint density at radius 3 is 2.86 bits per heavy atom. The van der Waals surface area contributed by atoms with Gasteiger partial charge in [-0.25, -0.2) is 14.1 Å². The molecule has 6 nitrogen and oxygen atoms in total. The molecule has 0 amide bonds. The lowest BCUT2D eigenvalue weighted by atomic mass is 10.1. The van der Waals surface area contributed by atoms with Crippen LogP contribution in [0, 0.1) is 12.7 Å². The summed E-state index contributed by atoms with van der Waals surface area (Å²) in [5.41, 5.74) is 0.950. The van der Waals surface area contributed by atoms with E-state index < -0.39 is 5.82 Å². The third kappa shape index (κ3) is 2.43. The lowest BCUT2D eigenvalue weighted by Gasteiger charge is -2.10. The van der Waals surface area contributed by atoms with Crippen LogP contribution in [0.5, 0.6) is 0 Å². The predicted octanol–water partition coefficient (Wildman–Crippen LogP) is 2.12. The summed E-state index contributed by atoms with van der Waals surface area (Å²) < 4.78 is 15.8. The summed E-state index contributed by atoms with van der Waals surface area (Å²) in [6.45, 7) is 1.76. The van der Waals surface area contributed by atoms with E-state index >= 15 is 0 Å². The number of halogens is 2. The first-order chi connectivity index (χ1) is 10.1. The Kier molecular flexibility index (Phi) is 3.26. The minimum Gasteiger partial charge on any atom is -0.313 e. The van der Waals surface area contributed by atoms with Crippen LogP contribution in [0.2, 0.25) is 5.02 Å². The van der Waals surface area contributed by atoms with Crippen LogP contribution in [0.15, 0.2) is 35.5 Å². The number of aromatic nitrogens is 5. The van der Waals surface area contributed by atoms with Gasteiger partial charge in [0.25, 0.3) is 5.56 Å². The summed E-state index contributed by atoms with van der Waals surface area (Å²) in [5.74, 6) is -0.666. The summed E-state index contributed by atoms with van der Waals surface area (Å²) in [4.78, 5) is 17.8. The topological polar surface area (TPSA) is 76.5 Å². The molecular weight excluding hydrogens is 297 g/mol. The van der Waals surface area contributed by atoms with Gasteiger partial charge >= 0.3 is 0 Å². The maximum atomic E-state index is 14.4. The number of hydrogen-bond acceptors (Lipinski definition) is 4. The average Bonchev–Trinajstić information content (AvgIpc) is 2.88. The fourth-order valence-electron chi connectivity index (χ4n) is 1.95. The van der Waals surface area contributed by atoms with Crippen molar-refractivity contribution in [2.24, 2.45) is 0 Å². The number of hydrogen-bond donors (Lipinski definition) is 1. The molecule has 3 rings (SSSR count). The van der Waals surface area contributed by atoms with Gasteiger partial charge in [0.05, 0.1) is 40.2 Å². The first kappa shape index (κ1) is 13.4. The zero-order valence-electron chi connectivity index (χ0n) is 10.8. The fourth-order valence-corrected chi connectivity index (χ4v) is 2.10. The van der Waals surface area contributed by atoms with Crippen molar-refractivity contribution in [3.05, 3.63) is 57.6 Å². The number of aryl methyl sites for hydroxylation is 1. The summed E-state index contributed by atoms with van der Waals surface area (Å²) in [7, 11) is 0. The van der Waals surface area contributed by atoms with E-state index in [0.29, 0.717) is 11.4 Å². The Morgan fingerprint density at radius 1 is 1.38 bits per heavy atom. The third-order valence-corrected chi connectivity index (χ3v) is 3.15. The molecule has 0 aliphatic carbocycles. The van der Waals surface area contributed by atoms with E-state index in [1.165, 1.54) is 23.1 Å². The minimum absolute atomic E-state index is 0.0623. The second-order valence-corrected chi connectivity index (χ2v) is 4.76. The molecule has 1 aromatic carbocycles. The lowest BCUT2D eigenvalue weighted by molar-refractivity contribution is 0.628. The van der Waals surface area contributed by atoms with E-state index in [1.54, 1.807) is 19.2 Å². The molecule has 2 aromatic heterocycles. The van der Waals surface area contributed by atoms with Crippen LogP contribution >= 0.6 is 11.6 Å². The van der Waals surface area contributed by atoms with E-state index in [4.69, 9.17) is 11.6 Å². The summed E-state index contributed by atoms with van der Waals surface area (Å²) in [6.07, 6.45) is 2.84. The second-order valence-electron chi connectivity index (χ2n) is 4.36. The van der Waals surface area contributed by atoms with E-state index in [9.17, 15) is 9.18 Å². The smallest absolute Gasteiger partial charge is 0.251 e. The van der Waals surface area contributed by atoms with Crippen molar-refractivity contribution in [1.82, 2.24) is 25.0 Å². The molecule has 106 valence electrons. The molecule has 0 atom stereocenters. The Hall–Kier alpha value is -2.54. The number of aromatic amines is 1. The molecular formula is C13H9ClFN5O. The van der Waals surface area contributed by atoms with Crippen LogP contribution in [0.1, 0.15) is 5.69 Å². The fraction of sp³-hybridized carbons (Fsp3) is 0.0769. The summed E-state index contributed by atoms with van der Waals surface area (Å²) in [6, 6.07) is 4.21. The number of H-pyrrole nitrogens is 1. The molecule has 1 N–H and O–H groups in total. The van der Waals surface area contributed by atoms with Crippen molar-refractivity contribution < 1.29 is 4.39 Å². The Morgan fingerprint density at radius 2 is 2.19 bits per heavy atom. The number of nitrogens with zero attached hydrogens (tertiary/aromatic N) is 4. The molecule has 2 heterocycles. The van der Waals surface area contributed by atoms with Gasteiger partial charge in [-0.2, -0.15) is 0 Å². The van der Waals surface area contributed by atoms with Crippen LogP contribution < -0.4 is 5.56 Å². The molecule has 0 unspecified atom stereocenters. The van der Waals surface area contributed by atoms with Gasteiger partial charge in [-0.3, -0.25) is 4.79 Å². The van der Waals surface area contributed by atoms with Gasteiger partial charge in [0, 0.05) is 6.07 Å². The van der Waals surface area contributed by atoms with Gasteiger partial charge in [-0.1, -0.05) is 16.8 Å². The van der Waals surface area contributed by atoms with Crippen molar-refractivity contribution >= 4 is 11.6 Å². The summed E-state index contributed by atoms with van der Waals surface area (Å²) in [5, 5.41) is 7.71. The Labute approximate surface area is 123 Å². The quantitative estimate of drug-likeness (QED) is 0.787. The highest BCUT2D eigenvalue weighted by atomic mass is 35.5. The number of nitrogens with one attached hydrogen (secondary N) is 1. The molecule has 0 bridgehead atoms. The number of rotatable bonds is 2. The van der Waals surface area contributed by atoms with Crippen molar-refractivity contribution in [1.29, 1.82) is 0 Å². The normalized spacial score (nSPS) is 10.8. The maximum Gasteiger partial charge on any atom is 0.251 e. The van der Waals surface area contributed by atoms with E-state index in [1.807, 2.05) is 0 Å². The SMILES string of the molecule is Cc1cn(-c2ccc(Cl)c(F)c2-c2cc(=O)[nH]cn2)nn1. The first-order valence-corrected chi connectivity index (χ1v) is 6.36. The Balaban J connectivity index is 2.31. The van der Waals surface area contributed by atoms with Gasteiger partial charge < -0.3 is 4.98 Å². The molecule has 0 saturated carbocycles. The van der Waals surface area contributed by atoms with Crippen LogP contribution in [-0.2, 0) is 0 Å². The lowest BCUT2D eigenvalue weighted by Crippen LogP contribution is -2.07. The van der Waals surface area contributed by atoms with Crippen LogP contribution in [0.4, 0.5) is 4.39 Å². The van der Waals surface area contributed by atoms with E-state index in [2.05, 4.69) is 20.3 Å². The van der Waals surface area contributed by atoms with Crippen LogP contribution in [0.3, 0.4) is 0 Å².